The summed E-state index contributed by atoms with van der Waals surface area (Å²) in [5, 5.41) is 10.7. The van der Waals surface area contributed by atoms with Gasteiger partial charge in [0.2, 0.25) is 5.91 Å². The third-order valence-corrected chi connectivity index (χ3v) is 166. The summed E-state index contributed by atoms with van der Waals surface area (Å²) in [5.41, 5.74) is 7.56. The molecule has 86 heteroatoms. The summed E-state index contributed by atoms with van der Waals surface area (Å²) in [6, 6.07) is 17.7. The maximum atomic E-state index is 11.8. The number of nitrogens with one attached hydrogen (secondary N) is 1. The van der Waals surface area contributed by atoms with Crippen LogP contribution in [0.4, 0.5) is 0 Å². The molecule has 0 radical (unpaired) electrons. The Morgan fingerprint density at radius 2 is 0.492 bits per heavy atom. The lowest BCUT2D eigenvalue weighted by atomic mass is 10.1. The first-order chi connectivity index (χ1) is 57.4. The van der Waals surface area contributed by atoms with E-state index < -0.39 is 24.0 Å². The van der Waals surface area contributed by atoms with Crippen molar-refractivity contribution >= 4 is 710 Å². The van der Waals surface area contributed by atoms with Crippen LogP contribution in [0.25, 0.3) is 0 Å². The number of aliphatic carboxylic acids is 1. The predicted molar refractivity (Wildman–Crippen MR) is 713 cm³/mol. The number of hydrogen-bond acceptors (Lipinski definition) is 11. The predicted octanol–water partition coefficient (Wildman–Crippen LogP) is 3.45. The van der Waals surface area contributed by atoms with E-state index >= 15 is 0 Å². The molecule has 2 atom stereocenters. The Morgan fingerprint density at radius 1 is 0.305 bits per heavy atom. The highest BCUT2D eigenvalue weighted by molar-refractivity contribution is 8.85. The number of Topliss-reactive ketones (excluding diaryl/α,β-unsaturated/α-hetero) is 2. The van der Waals surface area contributed by atoms with Crippen molar-refractivity contribution < 1.29 is 43.3 Å². The number of ether oxygens (including phenoxy) is 2. The summed E-state index contributed by atoms with van der Waals surface area (Å²) in [4.78, 5) is 66.1. The van der Waals surface area contributed by atoms with Crippen LogP contribution >= 0.6 is 12.4 Å². The molecule has 688 valence electrons. The van der Waals surface area contributed by atoms with Gasteiger partial charge in [0.05, 0.1) is 20.6 Å². The van der Waals surface area contributed by atoms with Crippen LogP contribution in [0.5, 0.6) is 0 Å². The van der Waals surface area contributed by atoms with E-state index in [0.29, 0.717) is 25.7 Å². The van der Waals surface area contributed by atoms with Crippen LogP contribution in [-0.2, 0) is 713 Å². The third-order valence-electron chi connectivity index (χ3n) is 7.92. The molecule has 0 spiro atoms. The SMILES string of the molecule is CCC(=O)CCC(=O)N[C@@H](Cc1ccccc1)C(=O)OC.CCC(=O)CCC(=O)O.COC(=O)[C@@H](N)Cc1ccccc1.Cl.S=S=S=S=S=S=S=S=S=S=S=S=S=S=S=S=S=S=S=S=S=S=S=S=S=S=S=S=S=S=S=S=S=S=S=S=S=S=S=S=S=S=S=S=S=S=S=S=S=S=S=S=S=S=S=S=S=S=S=S=S=S=S=S=S=S=S=S=S=S=S=S=S=S. The second-order valence-electron chi connectivity index (χ2n) is 14.2. The lowest BCUT2D eigenvalue weighted by molar-refractivity contribution is -0.145. The van der Waals surface area contributed by atoms with E-state index in [1.54, 1.807) is 120 Å². The van der Waals surface area contributed by atoms with Gasteiger partial charge in [0.1, 0.15) is 23.7 Å². The molecule has 0 aliphatic heterocycles. The molecule has 0 heterocycles. The summed E-state index contributed by atoms with van der Waals surface area (Å²) < 4.78 is 9.23. The van der Waals surface area contributed by atoms with Crippen molar-refractivity contribution in [2.75, 3.05) is 14.2 Å². The minimum atomic E-state index is -0.906. The largest absolute Gasteiger partial charge is 0.481 e. The normalized spacial score (nSPS) is 8.99. The molecule has 0 aliphatic carbocycles. The molecule has 0 fully saturated rings. The summed E-state index contributed by atoms with van der Waals surface area (Å²) in [5.74, 6) is -2.04. The molecule has 4 N–H and O–H groups in total. The molecule has 2 rings (SSSR count). The lowest BCUT2D eigenvalue weighted by Crippen LogP contribution is -2.43. The first kappa shape index (κ1) is 134. The number of hydrogen-bond donors (Lipinski definition) is 3. The monoisotopic (exact) mass is 3000 g/mol. The zero-order valence-corrected chi connectivity index (χ0v) is 117. The molecule has 11 nitrogen and oxygen atoms in total. The quantitative estimate of drug-likeness (QED) is 0.222. The Kier molecular flexibility index (Phi) is 132. The van der Waals surface area contributed by atoms with Crippen molar-refractivity contribution in [3.8, 4) is 0 Å². The molecule has 0 aliphatic rings. The van der Waals surface area contributed by atoms with E-state index in [0.717, 1.165) is 11.1 Å². The van der Waals surface area contributed by atoms with Crippen LogP contribution in [0.2, 0.25) is 0 Å². The Bertz CT molecular complexity index is 7110. The maximum Gasteiger partial charge on any atom is 0.328 e. The molecule has 2 aromatic carbocycles. The number of carboxylic acids is 1. The second-order valence-corrected chi connectivity index (χ2v) is 142. The molecule has 0 aromatic heterocycles. The van der Waals surface area contributed by atoms with Gasteiger partial charge in [-0.3, -0.25) is 24.0 Å². The van der Waals surface area contributed by atoms with E-state index in [2.05, 4.69) is 10.1 Å². The molecule has 0 saturated heterocycles. The Labute approximate surface area is 904 Å². The van der Waals surface area contributed by atoms with Gasteiger partial charge in [-0.25, -0.2) is 4.79 Å². The maximum absolute atomic E-state index is 11.8. The number of methoxy groups -OCH3 is 2. The van der Waals surface area contributed by atoms with Gasteiger partial charge in [-0.15, -0.1) is 12.4 Å². The van der Waals surface area contributed by atoms with Crippen LogP contribution in [0.1, 0.15) is 63.5 Å². The summed E-state index contributed by atoms with van der Waals surface area (Å²) >= 11 is 9.65. The van der Waals surface area contributed by atoms with Crippen molar-refractivity contribution in [1.82, 2.24) is 5.32 Å². The van der Waals surface area contributed by atoms with Crippen molar-refractivity contribution in [3.63, 3.8) is 0 Å². The number of nitrogens with two attached hydrogens (primary N) is 1. The number of carboxylic acid groups (broad SMARTS) is 1. The van der Waals surface area contributed by atoms with Gasteiger partial charge in [0.15, 0.2) is 0 Å². The fourth-order valence-corrected chi connectivity index (χ4v) is 196. The molecule has 2 aromatic rings. The van der Waals surface area contributed by atoms with Crippen molar-refractivity contribution in [2.24, 2.45) is 5.73 Å². The average molecular weight is 3010 g/mol. The van der Waals surface area contributed by atoms with Crippen LogP contribution < -0.4 is 11.1 Å². The third kappa shape index (κ3) is 110. The summed E-state index contributed by atoms with van der Waals surface area (Å²) in [6.07, 6.45) is 2.16. The van der Waals surface area contributed by atoms with Crippen LogP contribution in [0.3, 0.4) is 0 Å². The first-order valence-corrected chi connectivity index (χ1v) is 124. The molecule has 0 unspecified atom stereocenters. The van der Waals surface area contributed by atoms with Gasteiger partial charge in [-0.2, -0.15) is 0 Å². The fraction of sp³-hybridized carbons (Fsp3) is 0.438. The highest BCUT2D eigenvalue weighted by Gasteiger charge is 2.22. The molecule has 0 bridgehead atoms. The highest BCUT2D eigenvalue weighted by Crippen LogP contribution is 2.06. The minimum Gasteiger partial charge on any atom is -0.481 e. The second kappa shape index (κ2) is 116. The number of ketones is 2. The molecular formula is C32H45ClN2O9S74. The molecule has 118 heavy (non-hydrogen) atoms. The van der Waals surface area contributed by atoms with Crippen LogP contribution in [0, 0.1) is 0 Å². The summed E-state index contributed by atoms with van der Waals surface area (Å²) in [6.45, 7) is 3.48. The number of amides is 1. The first-order valence-electron chi connectivity index (χ1n) is 26.2. The van der Waals surface area contributed by atoms with Crippen molar-refractivity contribution in [2.45, 2.75) is 77.3 Å². The van der Waals surface area contributed by atoms with Crippen molar-refractivity contribution in [3.05, 3.63) is 71.8 Å². The Morgan fingerprint density at radius 3 is 0.669 bits per heavy atom. The van der Waals surface area contributed by atoms with E-state index in [9.17, 15) is 28.8 Å². The van der Waals surface area contributed by atoms with Gasteiger partial charge in [0.25, 0.3) is 0 Å². The summed E-state index contributed by atoms with van der Waals surface area (Å²) in [7, 11) is 132. The zero-order chi connectivity index (χ0) is 85.5. The number of benzene rings is 2. The van der Waals surface area contributed by atoms with E-state index in [1.807, 2.05) is 576 Å². The minimum absolute atomic E-state index is 0. The van der Waals surface area contributed by atoms with E-state index in [4.69, 9.17) is 38.0 Å². The van der Waals surface area contributed by atoms with Gasteiger partial charge >= 0.3 is 17.9 Å². The number of halogens is 1. The Hall–Kier alpha value is 12.2. The van der Waals surface area contributed by atoms with E-state index in [1.165, 1.54) is 32.0 Å². The molecule has 0 saturated carbocycles. The van der Waals surface area contributed by atoms with Gasteiger partial charge in [-0.1, -0.05) is 74.5 Å². The van der Waals surface area contributed by atoms with Gasteiger partial charge in [-0.05, 0) is 17.5 Å². The number of carbonyl (C=O) groups excluding carboxylic acids is 5. The average Bonchev–Trinajstić information content (AvgIpc) is 0.892. The van der Waals surface area contributed by atoms with Gasteiger partial charge in [0, 0.05) is 700 Å². The molecular weight excluding hydrogens is 2960 g/mol. The number of esters is 2. The molecule has 1 amide bonds. The van der Waals surface area contributed by atoms with Crippen LogP contribution in [0.15, 0.2) is 60.7 Å². The number of carbonyl (C=O) groups is 6. The Balaban J connectivity index is -0.00000238. The lowest BCUT2D eigenvalue weighted by Gasteiger charge is -2.16. The van der Waals surface area contributed by atoms with E-state index in [-0.39, 0.29) is 61.5 Å². The van der Waals surface area contributed by atoms with Crippen LogP contribution in [-0.4, -0.2) is 66.8 Å². The smallest absolute Gasteiger partial charge is 0.328 e. The van der Waals surface area contributed by atoms with Crippen molar-refractivity contribution in [1.29, 1.82) is 0 Å². The zero-order valence-electron chi connectivity index (χ0n) is 56.0. The standard InChI is InChI=1S/C16H21NO4.C10H13NO2.C6H10O3.ClH.S74/c1-3-13(18)9-10-15(19)17-14(16(20)21-2)11-12-7-5-4-6-8-12;1-13-10(12)9(11)7-8-5-3-2-4-6-8;1-2-5(7)3-4-6(8)9;;1-3-5-7-9-11-13-15-17-19-21-23-25-27-29-31-33-35-37-39-41-43-45-47-49-51-53-55-57-59-61-63-65-67-69-71-73-74-72-70-68-66-64-62-60-58-56-54-52-50-48-46-44-42-40-38-36-34-32-30-28-26-24-22-20-18-16-14-12-10-8-6-4-2/h4-8,14H,3,9-11H2,1-2H3,(H,17,19);2-6,9H,7,11H2,1H3;2-4H2,1H3,(H,8,9);1H;/t14-;9-;;;/m00.../s1. The highest BCUT2D eigenvalue weighted by atomic mass is 35.5. The topological polar surface area (TPSA) is 179 Å². The number of rotatable bonds is 15. The van der Waals surface area contributed by atoms with Gasteiger partial charge < -0.3 is 25.6 Å². The fourth-order valence-electron chi connectivity index (χ4n) is 4.20.